The fraction of sp³-hybridized carbons (Fsp3) is 0.625. The zero-order chi connectivity index (χ0) is 16.4. The van der Waals surface area contributed by atoms with Crippen molar-refractivity contribution in [3.05, 3.63) is 29.6 Å². The van der Waals surface area contributed by atoms with Crippen LogP contribution in [-0.2, 0) is 6.18 Å². The quantitative estimate of drug-likeness (QED) is 0.841. The molecule has 0 unspecified atom stereocenters. The lowest BCUT2D eigenvalue weighted by atomic mass is 10.0. The highest BCUT2D eigenvalue weighted by Crippen LogP contribution is 2.29. The zero-order valence-electron chi connectivity index (χ0n) is 13.6. The number of hydrogen-bond donors (Lipinski definition) is 1. The highest BCUT2D eigenvalue weighted by atomic mass is 35.5. The standard InChI is InChI=1S/C16H20F3N3O.2ClH/c17-16(18,19)12-3-4-14(21-10-12)15(23)22-7-5-13(6-8-22)20-9-11-1-2-11;;/h3-4,10-11,13,20H,1-2,5-9H2;2*1H. The van der Waals surface area contributed by atoms with Gasteiger partial charge in [-0.3, -0.25) is 9.78 Å². The number of aromatic nitrogens is 1. The highest BCUT2D eigenvalue weighted by Gasteiger charge is 2.31. The van der Waals surface area contributed by atoms with Crippen molar-refractivity contribution in [1.82, 2.24) is 15.2 Å². The minimum atomic E-state index is -4.43. The van der Waals surface area contributed by atoms with E-state index in [1.54, 1.807) is 4.90 Å². The fourth-order valence-corrected chi connectivity index (χ4v) is 2.79. The van der Waals surface area contributed by atoms with Gasteiger partial charge in [0.15, 0.2) is 0 Å². The summed E-state index contributed by atoms with van der Waals surface area (Å²) >= 11 is 0. The average Bonchev–Trinajstić information content (AvgIpc) is 3.36. The van der Waals surface area contributed by atoms with Crippen LogP contribution in [0.2, 0.25) is 0 Å². The molecule has 2 aliphatic rings. The number of pyridine rings is 1. The predicted octanol–water partition coefficient (Wildman–Crippen LogP) is 3.55. The Morgan fingerprint density at radius 2 is 1.80 bits per heavy atom. The van der Waals surface area contributed by atoms with Crippen molar-refractivity contribution < 1.29 is 18.0 Å². The van der Waals surface area contributed by atoms with Gasteiger partial charge < -0.3 is 10.2 Å². The molecule has 142 valence electrons. The van der Waals surface area contributed by atoms with Crippen LogP contribution in [0.5, 0.6) is 0 Å². The molecule has 9 heteroatoms. The van der Waals surface area contributed by atoms with Crippen LogP contribution in [0.4, 0.5) is 13.2 Å². The second kappa shape index (κ2) is 9.05. The van der Waals surface area contributed by atoms with Crippen LogP contribution in [0.25, 0.3) is 0 Å². The fourth-order valence-electron chi connectivity index (χ4n) is 2.79. The summed E-state index contributed by atoms with van der Waals surface area (Å²) in [4.78, 5) is 17.7. The van der Waals surface area contributed by atoms with Crippen molar-refractivity contribution >= 4 is 30.7 Å². The number of nitrogens with zero attached hydrogens (tertiary/aromatic N) is 2. The van der Waals surface area contributed by atoms with Crippen LogP contribution < -0.4 is 5.32 Å². The first-order valence-corrected chi connectivity index (χ1v) is 7.99. The zero-order valence-corrected chi connectivity index (χ0v) is 15.2. The molecule has 1 aliphatic carbocycles. The van der Waals surface area contributed by atoms with Gasteiger partial charge in [-0.25, -0.2) is 0 Å². The molecule has 0 aromatic carbocycles. The molecule has 3 rings (SSSR count). The summed E-state index contributed by atoms with van der Waals surface area (Å²) in [6, 6.07) is 2.49. The number of hydrogen-bond acceptors (Lipinski definition) is 3. The summed E-state index contributed by atoms with van der Waals surface area (Å²) < 4.78 is 37.5. The number of piperidine rings is 1. The van der Waals surface area contributed by atoms with Crippen LogP contribution in [0, 0.1) is 5.92 Å². The van der Waals surface area contributed by atoms with Crippen molar-refractivity contribution in [2.24, 2.45) is 5.92 Å². The lowest BCUT2D eigenvalue weighted by Gasteiger charge is -2.32. The molecule has 1 saturated heterocycles. The monoisotopic (exact) mass is 399 g/mol. The van der Waals surface area contributed by atoms with Gasteiger partial charge in [-0.15, -0.1) is 24.8 Å². The number of nitrogens with one attached hydrogen (secondary N) is 1. The topological polar surface area (TPSA) is 45.2 Å². The molecule has 0 bridgehead atoms. The number of likely N-dealkylation sites (tertiary alicyclic amines) is 1. The first-order chi connectivity index (χ1) is 10.9. The van der Waals surface area contributed by atoms with Gasteiger partial charge in [-0.2, -0.15) is 13.2 Å². The van der Waals surface area contributed by atoms with E-state index < -0.39 is 11.7 Å². The van der Waals surface area contributed by atoms with E-state index in [0.717, 1.165) is 43.6 Å². The maximum Gasteiger partial charge on any atom is 0.417 e. The lowest BCUT2D eigenvalue weighted by molar-refractivity contribution is -0.137. The van der Waals surface area contributed by atoms with Gasteiger partial charge in [0, 0.05) is 25.3 Å². The molecule has 1 N–H and O–H groups in total. The second-order valence-corrected chi connectivity index (χ2v) is 6.35. The van der Waals surface area contributed by atoms with E-state index in [1.165, 1.54) is 12.8 Å². The van der Waals surface area contributed by atoms with E-state index in [9.17, 15) is 18.0 Å². The molecule has 2 fully saturated rings. The molecule has 4 nitrogen and oxygen atoms in total. The van der Waals surface area contributed by atoms with Crippen LogP contribution in [-0.4, -0.2) is 41.5 Å². The van der Waals surface area contributed by atoms with Gasteiger partial charge >= 0.3 is 6.18 Å². The van der Waals surface area contributed by atoms with Gasteiger partial charge in [0.1, 0.15) is 5.69 Å². The molecular weight excluding hydrogens is 378 g/mol. The van der Waals surface area contributed by atoms with Crippen LogP contribution >= 0.6 is 24.8 Å². The van der Waals surface area contributed by atoms with Crippen LogP contribution in [0.3, 0.4) is 0 Å². The highest BCUT2D eigenvalue weighted by molar-refractivity contribution is 5.92. The number of halogens is 5. The Morgan fingerprint density at radius 3 is 2.28 bits per heavy atom. The molecule has 1 amide bonds. The summed E-state index contributed by atoms with van der Waals surface area (Å²) in [6.07, 6.45) is 0.656. The lowest BCUT2D eigenvalue weighted by Crippen LogP contribution is -2.45. The third-order valence-electron chi connectivity index (χ3n) is 4.48. The Labute approximate surface area is 157 Å². The van der Waals surface area contributed by atoms with E-state index in [2.05, 4.69) is 10.3 Å². The first kappa shape index (κ1) is 22.0. The molecule has 1 aliphatic heterocycles. The minimum Gasteiger partial charge on any atom is -0.337 e. The summed E-state index contributed by atoms with van der Waals surface area (Å²) in [7, 11) is 0. The third-order valence-corrected chi connectivity index (χ3v) is 4.48. The molecule has 1 aromatic rings. The Kier molecular flexibility index (Phi) is 7.96. The Balaban J connectivity index is 0.00000156. The molecular formula is C16H22Cl2F3N3O. The average molecular weight is 400 g/mol. The van der Waals surface area contributed by atoms with E-state index in [4.69, 9.17) is 0 Å². The van der Waals surface area contributed by atoms with Crippen molar-refractivity contribution in [3.8, 4) is 0 Å². The number of amides is 1. The SMILES string of the molecule is Cl.Cl.O=C(c1ccc(C(F)(F)F)cn1)N1CCC(NCC2CC2)CC1. The molecule has 0 spiro atoms. The first-order valence-electron chi connectivity index (χ1n) is 7.99. The predicted molar refractivity (Wildman–Crippen MR) is 93.4 cm³/mol. The Morgan fingerprint density at radius 1 is 1.16 bits per heavy atom. The van der Waals surface area contributed by atoms with E-state index in [1.807, 2.05) is 0 Å². The maximum absolute atomic E-state index is 12.5. The van der Waals surface area contributed by atoms with Crippen molar-refractivity contribution in [1.29, 1.82) is 0 Å². The number of rotatable bonds is 4. The second-order valence-electron chi connectivity index (χ2n) is 6.35. The normalized spacial score (nSPS) is 18.3. The molecule has 0 atom stereocenters. The molecule has 2 heterocycles. The number of carbonyl (C=O) groups is 1. The van der Waals surface area contributed by atoms with Gasteiger partial charge in [-0.1, -0.05) is 0 Å². The van der Waals surface area contributed by atoms with Crippen molar-refractivity contribution in [2.75, 3.05) is 19.6 Å². The van der Waals surface area contributed by atoms with Gasteiger partial charge in [0.25, 0.3) is 5.91 Å². The summed E-state index contributed by atoms with van der Waals surface area (Å²) in [5.74, 6) is 0.533. The van der Waals surface area contributed by atoms with E-state index in [-0.39, 0.29) is 36.4 Å². The van der Waals surface area contributed by atoms with E-state index in [0.29, 0.717) is 19.1 Å². The van der Waals surface area contributed by atoms with Crippen LogP contribution in [0.1, 0.15) is 41.7 Å². The molecule has 1 aromatic heterocycles. The van der Waals surface area contributed by atoms with Crippen molar-refractivity contribution in [2.45, 2.75) is 37.9 Å². The maximum atomic E-state index is 12.5. The van der Waals surface area contributed by atoms with Gasteiger partial charge in [0.05, 0.1) is 5.56 Å². The number of carbonyl (C=O) groups excluding carboxylic acids is 1. The van der Waals surface area contributed by atoms with Gasteiger partial charge in [-0.05, 0) is 50.3 Å². The Hall–Kier alpha value is -1.05. The molecule has 1 saturated carbocycles. The third kappa shape index (κ3) is 6.01. The largest absolute Gasteiger partial charge is 0.417 e. The molecule has 0 radical (unpaired) electrons. The smallest absolute Gasteiger partial charge is 0.337 e. The number of alkyl halides is 3. The minimum absolute atomic E-state index is 0. The van der Waals surface area contributed by atoms with Gasteiger partial charge in [0.2, 0.25) is 0 Å². The molecule has 25 heavy (non-hydrogen) atoms. The summed E-state index contributed by atoms with van der Waals surface area (Å²) in [5, 5.41) is 3.53. The summed E-state index contributed by atoms with van der Waals surface area (Å²) in [6.45, 7) is 2.28. The van der Waals surface area contributed by atoms with E-state index >= 15 is 0 Å². The van der Waals surface area contributed by atoms with Crippen LogP contribution in [0.15, 0.2) is 18.3 Å². The summed E-state index contributed by atoms with van der Waals surface area (Å²) in [5.41, 5.74) is -0.764. The Bertz CT molecular complexity index is 557. The van der Waals surface area contributed by atoms with Crippen molar-refractivity contribution in [3.63, 3.8) is 0 Å².